The molecule has 3 heterocycles. The summed E-state index contributed by atoms with van der Waals surface area (Å²) in [5.41, 5.74) is 2.40. The predicted molar refractivity (Wildman–Crippen MR) is 93.0 cm³/mol. The molecule has 0 aliphatic carbocycles. The zero-order valence-electron chi connectivity index (χ0n) is 13.6. The Morgan fingerprint density at radius 1 is 0.960 bits per heavy atom. The minimum Gasteiger partial charge on any atom is -0.486 e. The van der Waals surface area contributed by atoms with E-state index in [1.54, 1.807) is 6.33 Å². The summed E-state index contributed by atoms with van der Waals surface area (Å²) in [6.45, 7) is 1.19. The Kier molecular flexibility index (Phi) is 3.33. The molecular weight excluding hydrogens is 316 g/mol. The molecular formula is C19H18N4O2. The van der Waals surface area contributed by atoms with Gasteiger partial charge in [0.15, 0.2) is 11.5 Å². The molecule has 0 spiro atoms. The van der Waals surface area contributed by atoms with Crippen molar-refractivity contribution in [2.24, 2.45) is 0 Å². The van der Waals surface area contributed by atoms with E-state index in [4.69, 9.17) is 9.47 Å². The van der Waals surface area contributed by atoms with Gasteiger partial charge in [0.25, 0.3) is 0 Å². The second-order valence-corrected chi connectivity index (χ2v) is 6.29. The summed E-state index contributed by atoms with van der Waals surface area (Å²) in [6, 6.07) is 16.9. The highest BCUT2D eigenvalue weighted by Crippen LogP contribution is 2.40. The summed E-state index contributed by atoms with van der Waals surface area (Å²) in [6.07, 6.45) is 2.49. The Labute approximate surface area is 145 Å². The van der Waals surface area contributed by atoms with Gasteiger partial charge in [-0.3, -0.25) is 0 Å². The van der Waals surface area contributed by atoms with Crippen LogP contribution in [0.5, 0.6) is 11.5 Å². The van der Waals surface area contributed by atoms with Crippen molar-refractivity contribution in [2.45, 2.75) is 18.5 Å². The number of hydrogen-bond donors (Lipinski definition) is 1. The Morgan fingerprint density at radius 3 is 2.68 bits per heavy atom. The number of anilines is 1. The van der Waals surface area contributed by atoms with Crippen LogP contribution in [-0.4, -0.2) is 28.0 Å². The predicted octanol–water partition coefficient (Wildman–Crippen LogP) is 3.20. The lowest BCUT2D eigenvalue weighted by atomic mass is 9.93. The number of nitrogens with zero attached hydrogens (tertiary/aromatic N) is 3. The summed E-state index contributed by atoms with van der Waals surface area (Å²) in [5.74, 6) is 2.41. The summed E-state index contributed by atoms with van der Waals surface area (Å²) in [7, 11) is 0. The van der Waals surface area contributed by atoms with Gasteiger partial charge >= 0.3 is 0 Å². The maximum Gasteiger partial charge on any atom is 0.222 e. The standard InChI is InChI=1S/C19H18N4O2/c1-2-4-13(5-3-1)15-11-16(23-19(22-15)20-12-21-23)14-6-7-17-18(10-14)25-9-8-24-17/h1-7,10,12,15-16H,8-9,11H2,(H,20,21,22)/t15-,16+/m0/s1. The molecule has 0 saturated heterocycles. The van der Waals surface area contributed by atoms with E-state index in [1.807, 2.05) is 16.8 Å². The lowest BCUT2D eigenvalue weighted by molar-refractivity contribution is 0.171. The van der Waals surface area contributed by atoms with E-state index in [2.05, 4.69) is 51.8 Å². The Bertz CT molecular complexity index is 893. The van der Waals surface area contributed by atoms with Gasteiger partial charge in [0.1, 0.15) is 19.5 Å². The second-order valence-electron chi connectivity index (χ2n) is 6.29. The van der Waals surface area contributed by atoms with E-state index in [0.29, 0.717) is 13.2 Å². The highest BCUT2D eigenvalue weighted by Gasteiger charge is 2.30. The molecule has 0 fully saturated rings. The van der Waals surface area contributed by atoms with Gasteiger partial charge < -0.3 is 14.8 Å². The van der Waals surface area contributed by atoms with Crippen LogP contribution in [-0.2, 0) is 0 Å². The fraction of sp³-hybridized carbons (Fsp3) is 0.263. The summed E-state index contributed by atoms with van der Waals surface area (Å²) in [4.78, 5) is 4.38. The summed E-state index contributed by atoms with van der Waals surface area (Å²) in [5, 5.41) is 7.91. The fourth-order valence-corrected chi connectivity index (χ4v) is 3.57. The van der Waals surface area contributed by atoms with Crippen LogP contribution in [0.4, 0.5) is 5.95 Å². The van der Waals surface area contributed by atoms with Crippen molar-refractivity contribution < 1.29 is 9.47 Å². The molecule has 6 nitrogen and oxygen atoms in total. The third kappa shape index (κ3) is 2.50. The lowest BCUT2D eigenvalue weighted by Crippen LogP contribution is -2.28. The number of benzene rings is 2. The molecule has 1 N–H and O–H groups in total. The maximum atomic E-state index is 5.75. The van der Waals surface area contributed by atoms with Crippen molar-refractivity contribution in [1.82, 2.24) is 14.8 Å². The molecule has 3 aromatic rings. The van der Waals surface area contributed by atoms with E-state index >= 15 is 0 Å². The molecule has 0 saturated carbocycles. The van der Waals surface area contributed by atoms with Gasteiger partial charge in [-0.1, -0.05) is 36.4 Å². The van der Waals surface area contributed by atoms with Crippen LogP contribution < -0.4 is 14.8 Å². The van der Waals surface area contributed by atoms with Crippen LogP contribution in [0.1, 0.15) is 29.6 Å². The molecule has 25 heavy (non-hydrogen) atoms. The molecule has 2 aromatic carbocycles. The van der Waals surface area contributed by atoms with Gasteiger partial charge in [0.05, 0.1) is 12.1 Å². The second kappa shape index (κ2) is 5.81. The van der Waals surface area contributed by atoms with Crippen LogP contribution in [0.2, 0.25) is 0 Å². The van der Waals surface area contributed by atoms with Gasteiger partial charge in [0.2, 0.25) is 5.95 Å². The van der Waals surface area contributed by atoms with Gasteiger partial charge in [-0.15, -0.1) is 0 Å². The van der Waals surface area contributed by atoms with E-state index in [9.17, 15) is 0 Å². The molecule has 0 bridgehead atoms. The van der Waals surface area contributed by atoms with Gasteiger partial charge in [0, 0.05) is 0 Å². The SMILES string of the molecule is c1ccc([C@@H]2C[C@H](c3ccc4c(c3)OCCO4)n3ncnc3N2)cc1. The minimum atomic E-state index is 0.0970. The molecule has 0 radical (unpaired) electrons. The zero-order valence-corrected chi connectivity index (χ0v) is 13.6. The monoisotopic (exact) mass is 334 g/mol. The topological polar surface area (TPSA) is 61.2 Å². The van der Waals surface area contributed by atoms with E-state index in [-0.39, 0.29) is 12.1 Å². The Hall–Kier alpha value is -3.02. The van der Waals surface area contributed by atoms with Crippen molar-refractivity contribution in [3.63, 3.8) is 0 Å². The first kappa shape index (κ1) is 14.3. The minimum absolute atomic E-state index is 0.0970. The normalized spacial score (nSPS) is 21.3. The van der Waals surface area contributed by atoms with Crippen molar-refractivity contribution >= 4 is 5.95 Å². The number of fused-ring (bicyclic) bond motifs is 2. The van der Waals surface area contributed by atoms with Gasteiger partial charge in [-0.05, 0) is 29.7 Å². The number of hydrogen-bond acceptors (Lipinski definition) is 5. The first-order chi connectivity index (χ1) is 12.4. The third-order valence-electron chi connectivity index (χ3n) is 4.78. The maximum absolute atomic E-state index is 5.75. The van der Waals surface area contributed by atoms with Crippen molar-refractivity contribution in [1.29, 1.82) is 0 Å². The van der Waals surface area contributed by atoms with E-state index in [1.165, 1.54) is 5.56 Å². The Balaban J connectivity index is 1.54. The smallest absolute Gasteiger partial charge is 0.222 e. The quantitative estimate of drug-likeness (QED) is 0.780. The average molecular weight is 334 g/mol. The molecule has 6 heteroatoms. The highest BCUT2D eigenvalue weighted by atomic mass is 16.6. The Morgan fingerprint density at radius 2 is 1.80 bits per heavy atom. The molecule has 1 aromatic heterocycles. The van der Waals surface area contributed by atoms with Crippen LogP contribution in [0, 0.1) is 0 Å². The largest absolute Gasteiger partial charge is 0.486 e. The first-order valence-corrected chi connectivity index (χ1v) is 8.49. The zero-order chi connectivity index (χ0) is 16.6. The van der Waals surface area contributed by atoms with E-state index < -0.39 is 0 Å². The van der Waals surface area contributed by atoms with Crippen LogP contribution in [0.15, 0.2) is 54.9 Å². The van der Waals surface area contributed by atoms with Crippen molar-refractivity contribution in [3.05, 3.63) is 66.0 Å². The first-order valence-electron chi connectivity index (χ1n) is 8.49. The van der Waals surface area contributed by atoms with Crippen LogP contribution in [0.25, 0.3) is 0 Å². The van der Waals surface area contributed by atoms with Crippen LogP contribution >= 0.6 is 0 Å². The van der Waals surface area contributed by atoms with E-state index in [0.717, 1.165) is 29.4 Å². The number of ether oxygens (including phenoxy) is 2. The van der Waals surface area contributed by atoms with Crippen molar-refractivity contribution in [3.8, 4) is 11.5 Å². The van der Waals surface area contributed by atoms with Gasteiger partial charge in [-0.25, -0.2) is 4.68 Å². The molecule has 2 aliphatic rings. The lowest BCUT2D eigenvalue weighted by Gasteiger charge is -2.32. The fourth-order valence-electron chi connectivity index (χ4n) is 3.57. The molecule has 2 atom stereocenters. The average Bonchev–Trinajstić information content (AvgIpc) is 3.16. The molecule has 2 aliphatic heterocycles. The summed E-state index contributed by atoms with van der Waals surface area (Å²) >= 11 is 0. The highest BCUT2D eigenvalue weighted by molar-refractivity contribution is 5.46. The number of rotatable bonds is 2. The van der Waals surface area contributed by atoms with Gasteiger partial charge in [-0.2, -0.15) is 10.1 Å². The molecule has 0 amide bonds. The third-order valence-corrected chi connectivity index (χ3v) is 4.78. The van der Waals surface area contributed by atoms with Crippen LogP contribution in [0.3, 0.4) is 0 Å². The number of nitrogens with one attached hydrogen (secondary N) is 1. The molecule has 5 rings (SSSR count). The van der Waals surface area contributed by atoms with Crippen molar-refractivity contribution in [2.75, 3.05) is 18.5 Å². The molecule has 126 valence electrons. The molecule has 0 unspecified atom stereocenters. The number of aromatic nitrogens is 3. The summed E-state index contributed by atoms with van der Waals surface area (Å²) < 4.78 is 13.3.